The normalized spacial score (nSPS) is 17.8. The number of hydrogen-bond donors (Lipinski definition) is 2. The fraction of sp³-hybridized carbons (Fsp3) is 0.278. The molecule has 120 valence electrons. The van der Waals surface area contributed by atoms with Crippen LogP contribution in [0.5, 0.6) is 0 Å². The average molecular weight is 314 g/mol. The molecule has 2 unspecified atom stereocenters. The average Bonchev–Trinajstić information content (AvgIpc) is 2.93. The lowest BCUT2D eigenvalue weighted by molar-refractivity contribution is 0.198. The smallest absolute Gasteiger partial charge is 0.412 e. The molecular formula is C18H19FN2O2. The van der Waals surface area contributed by atoms with Crippen molar-refractivity contribution in [2.24, 2.45) is 0 Å². The van der Waals surface area contributed by atoms with Crippen LogP contribution >= 0.6 is 0 Å². The van der Waals surface area contributed by atoms with Crippen LogP contribution in [0.25, 0.3) is 0 Å². The lowest BCUT2D eigenvalue weighted by Gasteiger charge is -2.28. The highest BCUT2D eigenvalue weighted by atomic mass is 19.1. The van der Waals surface area contributed by atoms with Crippen molar-refractivity contribution in [1.29, 1.82) is 0 Å². The molecule has 1 heterocycles. The van der Waals surface area contributed by atoms with Crippen LogP contribution in [0.15, 0.2) is 48.5 Å². The largest absolute Gasteiger partial charge is 0.465 e. The molecule has 1 aliphatic heterocycles. The number of para-hydroxylation sites is 1. The highest BCUT2D eigenvalue weighted by Gasteiger charge is 2.36. The molecule has 0 saturated heterocycles. The molecule has 2 aromatic rings. The number of halogens is 1. The van der Waals surface area contributed by atoms with Crippen molar-refractivity contribution < 1.29 is 14.3 Å². The van der Waals surface area contributed by atoms with Gasteiger partial charge in [0.15, 0.2) is 0 Å². The number of nitrogens with zero attached hydrogens (tertiary/aromatic N) is 1. The Bertz CT molecular complexity index is 702. The minimum absolute atomic E-state index is 0.0245. The highest BCUT2D eigenvalue weighted by Crippen LogP contribution is 2.33. The van der Waals surface area contributed by atoms with Gasteiger partial charge in [0, 0.05) is 12.6 Å². The Morgan fingerprint density at radius 2 is 2.00 bits per heavy atom. The number of carboxylic acid groups (broad SMARTS) is 1. The van der Waals surface area contributed by atoms with Gasteiger partial charge in [-0.05, 0) is 42.7 Å². The van der Waals surface area contributed by atoms with Gasteiger partial charge >= 0.3 is 6.09 Å². The van der Waals surface area contributed by atoms with Crippen LogP contribution in [0.3, 0.4) is 0 Å². The molecule has 23 heavy (non-hydrogen) atoms. The number of rotatable bonds is 4. The summed E-state index contributed by atoms with van der Waals surface area (Å²) in [6.07, 6.45) is -0.240. The van der Waals surface area contributed by atoms with Crippen LogP contribution < -0.4 is 10.2 Å². The number of carbonyl (C=O) groups is 1. The monoisotopic (exact) mass is 314 g/mol. The molecule has 0 radical (unpaired) electrons. The maximum atomic E-state index is 12.9. The van der Waals surface area contributed by atoms with E-state index in [-0.39, 0.29) is 17.9 Å². The maximum absolute atomic E-state index is 12.9. The van der Waals surface area contributed by atoms with Crippen molar-refractivity contribution in [2.45, 2.75) is 32.0 Å². The Kier molecular flexibility index (Phi) is 4.30. The third kappa shape index (κ3) is 3.19. The SMILES string of the molecule is CC(NCc1ccc(F)cc1)C1Cc2ccccc2N1C(=O)O. The van der Waals surface area contributed by atoms with E-state index in [1.165, 1.54) is 17.0 Å². The Morgan fingerprint density at radius 1 is 1.30 bits per heavy atom. The van der Waals surface area contributed by atoms with Crippen LogP contribution in [0.4, 0.5) is 14.9 Å². The van der Waals surface area contributed by atoms with Gasteiger partial charge in [-0.15, -0.1) is 0 Å². The zero-order chi connectivity index (χ0) is 16.4. The first-order chi connectivity index (χ1) is 11.1. The van der Waals surface area contributed by atoms with E-state index in [4.69, 9.17) is 0 Å². The predicted octanol–water partition coefficient (Wildman–Crippen LogP) is 3.41. The van der Waals surface area contributed by atoms with E-state index in [9.17, 15) is 14.3 Å². The van der Waals surface area contributed by atoms with E-state index >= 15 is 0 Å². The number of amides is 1. The molecule has 0 aliphatic carbocycles. The second-order valence-corrected chi connectivity index (χ2v) is 5.85. The van der Waals surface area contributed by atoms with Crippen molar-refractivity contribution >= 4 is 11.8 Å². The molecule has 2 aromatic carbocycles. The van der Waals surface area contributed by atoms with Crippen LogP contribution in [0.2, 0.25) is 0 Å². The van der Waals surface area contributed by atoms with Crippen molar-refractivity contribution in [3.8, 4) is 0 Å². The summed E-state index contributed by atoms with van der Waals surface area (Å²) >= 11 is 0. The van der Waals surface area contributed by atoms with Gasteiger partial charge in [-0.3, -0.25) is 4.90 Å². The summed E-state index contributed by atoms with van der Waals surface area (Å²) in [5, 5.41) is 12.9. The summed E-state index contributed by atoms with van der Waals surface area (Å²) in [7, 11) is 0. The first-order valence-corrected chi connectivity index (χ1v) is 7.64. The molecule has 2 atom stereocenters. The number of fused-ring (bicyclic) bond motifs is 1. The van der Waals surface area contributed by atoms with Crippen molar-refractivity contribution in [3.63, 3.8) is 0 Å². The lowest BCUT2D eigenvalue weighted by atomic mass is 10.0. The fourth-order valence-corrected chi connectivity index (χ4v) is 3.08. The first kappa shape index (κ1) is 15.5. The molecule has 0 bridgehead atoms. The van der Waals surface area contributed by atoms with Gasteiger partial charge in [0.25, 0.3) is 0 Å². The molecule has 5 heteroatoms. The van der Waals surface area contributed by atoms with Crippen LogP contribution in [-0.2, 0) is 13.0 Å². The molecule has 3 rings (SSSR count). The molecule has 0 aromatic heterocycles. The Labute approximate surface area is 134 Å². The first-order valence-electron chi connectivity index (χ1n) is 7.64. The van der Waals surface area contributed by atoms with E-state index in [0.29, 0.717) is 13.0 Å². The second-order valence-electron chi connectivity index (χ2n) is 5.85. The van der Waals surface area contributed by atoms with Crippen molar-refractivity contribution in [1.82, 2.24) is 5.32 Å². The van der Waals surface area contributed by atoms with Gasteiger partial charge in [-0.2, -0.15) is 0 Å². The van der Waals surface area contributed by atoms with Gasteiger partial charge in [-0.25, -0.2) is 9.18 Å². The van der Waals surface area contributed by atoms with E-state index in [1.807, 2.05) is 31.2 Å². The number of benzene rings is 2. The Hall–Kier alpha value is -2.40. The standard InChI is InChI=1S/C18H19FN2O2/c1-12(20-11-13-6-8-15(19)9-7-13)17-10-14-4-2-3-5-16(14)21(17)18(22)23/h2-9,12,17,20H,10-11H2,1H3,(H,22,23). The fourth-order valence-electron chi connectivity index (χ4n) is 3.08. The van der Waals surface area contributed by atoms with E-state index in [1.54, 1.807) is 12.1 Å². The third-order valence-corrected chi connectivity index (χ3v) is 4.34. The number of hydrogen-bond acceptors (Lipinski definition) is 2. The topological polar surface area (TPSA) is 52.6 Å². The minimum atomic E-state index is -0.935. The minimum Gasteiger partial charge on any atom is -0.465 e. The predicted molar refractivity (Wildman–Crippen MR) is 87.1 cm³/mol. The molecular weight excluding hydrogens is 295 g/mol. The summed E-state index contributed by atoms with van der Waals surface area (Å²) in [4.78, 5) is 13.1. The summed E-state index contributed by atoms with van der Waals surface area (Å²) in [6.45, 7) is 2.55. The van der Waals surface area contributed by atoms with Gasteiger partial charge < -0.3 is 10.4 Å². The molecule has 1 amide bonds. The highest BCUT2D eigenvalue weighted by molar-refractivity contribution is 5.90. The molecule has 0 spiro atoms. The third-order valence-electron chi connectivity index (χ3n) is 4.34. The summed E-state index contributed by atoms with van der Waals surface area (Å²) in [6, 6.07) is 13.7. The van der Waals surface area contributed by atoms with Gasteiger partial charge in [0.2, 0.25) is 0 Å². The lowest BCUT2D eigenvalue weighted by Crippen LogP contribution is -2.49. The molecule has 1 aliphatic rings. The number of anilines is 1. The van der Waals surface area contributed by atoms with E-state index in [2.05, 4.69) is 5.32 Å². The maximum Gasteiger partial charge on any atom is 0.412 e. The zero-order valence-electron chi connectivity index (χ0n) is 12.9. The molecule has 0 fully saturated rings. The van der Waals surface area contributed by atoms with E-state index in [0.717, 1.165) is 16.8 Å². The quantitative estimate of drug-likeness (QED) is 0.909. The van der Waals surface area contributed by atoms with E-state index < -0.39 is 6.09 Å². The molecule has 4 nitrogen and oxygen atoms in total. The second kappa shape index (κ2) is 6.38. The summed E-state index contributed by atoms with van der Waals surface area (Å²) in [5.74, 6) is -0.259. The number of nitrogens with one attached hydrogen (secondary N) is 1. The summed E-state index contributed by atoms with van der Waals surface area (Å²) in [5.41, 5.74) is 2.78. The van der Waals surface area contributed by atoms with Crippen molar-refractivity contribution in [3.05, 3.63) is 65.5 Å². The van der Waals surface area contributed by atoms with Crippen molar-refractivity contribution in [2.75, 3.05) is 4.90 Å². The van der Waals surface area contributed by atoms with Crippen LogP contribution in [-0.4, -0.2) is 23.3 Å². The van der Waals surface area contributed by atoms with Crippen LogP contribution in [0, 0.1) is 5.82 Å². The summed E-state index contributed by atoms with van der Waals surface area (Å²) < 4.78 is 12.9. The van der Waals surface area contributed by atoms with Gasteiger partial charge in [-0.1, -0.05) is 30.3 Å². The molecule has 2 N–H and O–H groups in total. The Balaban J connectivity index is 1.70. The van der Waals surface area contributed by atoms with Gasteiger partial charge in [0.05, 0.1) is 11.7 Å². The van der Waals surface area contributed by atoms with Gasteiger partial charge in [0.1, 0.15) is 5.82 Å². The Morgan fingerprint density at radius 3 is 2.70 bits per heavy atom. The zero-order valence-corrected chi connectivity index (χ0v) is 12.9. The molecule has 0 saturated carbocycles. The van der Waals surface area contributed by atoms with Crippen LogP contribution in [0.1, 0.15) is 18.1 Å².